The zero-order valence-electron chi connectivity index (χ0n) is 22.5. The number of amides is 1. The number of fused-ring (bicyclic) bond motifs is 1. The first kappa shape index (κ1) is 28.0. The van der Waals surface area contributed by atoms with Gasteiger partial charge in [-0.05, 0) is 60.5 Å². The third kappa shape index (κ3) is 6.51. The second-order valence-electron chi connectivity index (χ2n) is 8.70. The number of ether oxygens (including phenoxy) is 3. The zero-order chi connectivity index (χ0) is 28.6. The number of allylic oxidation sites excluding steroid dienone is 1. The van der Waals surface area contributed by atoms with Crippen LogP contribution in [0.4, 0.5) is 22.7 Å². The Morgan fingerprint density at radius 2 is 1.75 bits per heavy atom. The Bertz CT molecular complexity index is 1530. The SMILES string of the molecule is COc1ccc(/N=N/c2cc(OC)c(N/N=C3/C=Cc4cc(NC(C)=O)ccc4C3=O)cc2C)c(OCCO)c1. The second-order valence-corrected chi connectivity index (χ2v) is 8.70. The molecule has 1 aliphatic carbocycles. The van der Waals surface area contributed by atoms with Crippen LogP contribution in [0.2, 0.25) is 0 Å². The van der Waals surface area contributed by atoms with Crippen LogP contribution in [0.25, 0.3) is 6.08 Å². The van der Waals surface area contributed by atoms with Crippen LogP contribution in [-0.2, 0) is 4.79 Å². The monoisotopic (exact) mass is 543 g/mol. The predicted molar refractivity (Wildman–Crippen MR) is 153 cm³/mol. The first-order valence-electron chi connectivity index (χ1n) is 12.3. The molecule has 0 atom stereocenters. The molecule has 11 nitrogen and oxygen atoms in total. The summed E-state index contributed by atoms with van der Waals surface area (Å²) >= 11 is 0. The Kier molecular flexibility index (Phi) is 8.87. The molecule has 0 bridgehead atoms. The molecule has 0 saturated heterocycles. The van der Waals surface area contributed by atoms with Crippen molar-refractivity contribution < 1.29 is 28.9 Å². The largest absolute Gasteiger partial charge is 0.497 e. The summed E-state index contributed by atoms with van der Waals surface area (Å²) in [4.78, 5) is 24.3. The molecule has 0 saturated carbocycles. The Balaban J connectivity index is 1.55. The summed E-state index contributed by atoms with van der Waals surface area (Å²) in [6, 6.07) is 13.7. The molecule has 1 aliphatic rings. The van der Waals surface area contributed by atoms with E-state index in [1.54, 1.807) is 67.8 Å². The number of carbonyl (C=O) groups excluding carboxylic acids is 2. The first-order chi connectivity index (χ1) is 19.3. The highest BCUT2D eigenvalue weighted by Gasteiger charge is 2.20. The van der Waals surface area contributed by atoms with Gasteiger partial charge in [0.05, 0.1) is 32.2 Å². The number of hydrazone groups is 1. The quantitative estimate of drug-likeness (QED) is 0.228. The lowest BCUT2D eigenvalue weighted by Gasteiger charge is -2.14. The summed E-state index contributed by atoms with van der Waals surface area (Å²) < 4.78 is 16.3. The molecule has 0 aliphatic heterocycles. The Labute approximate surface area is 231 Å². The van der Waals surface area contributed by atoms with Crippen molar-refractivity contribution in [2.75, 3.05) is 38.2 Å². The van der Waals surface area contributed by atoms with Gasteiger partial charge in [0.15, 0.2) is 5.75 Å². The Hall–Kier alpha value is -5.03. The van der Waals surface area contributed by atoms with E-state index in [4.69, 9.17) is 19.3 Å². The normalized spacial score (nSPS) is 13.3. The summed E-state index contributed by atoms with van der Waals surface area (Å²) in [7, 11) is 3.06. The van der Waals surface area contributed by atoms with E-state index in [1.807, 2.05) is 6.92 Å². The summed E-state index contributed by atoms with van der Waals surface area (Å²) in [6.07, 6.45) is 3.38. The number of aliphatic hydroxyl groups is 1. The predicted octanol–water partition coefficient (Wildman–Crippen LogP) is 5.43. The van der Waals surface area contributed by atoms with Crippen molar-refractivity contribution in [3.8, 4) is 17.2 Å². The summed E-state index contributed by atoms with van der Waals surface area (Å²) in [6.45, 7) is 3.25. The molecule has 4 rings (SSSR count). The molecule has 3 aromatic carbocycles. The third-order valence-electron chi connectivity index (χ3n) is 5.87. The van der Waals surface area contributed by atoms with Crippen molar-refractivity contribution in [2.45, 2.75) is 13.8 Å². The minimum atomic E-state index is -0.251. The Morgan fingerprint density at radius 3 is 2.48 bits per heavy atom. The molecule has 3 N–H and O–H groups in total. The van der Waals surface area contributed by atoms with Crippen LogP contribution in [0.15, 0.2) is 69.9 Å². The molecule has 0 spiro atoms. The van der Waals surface area contributed by atoms with Gasteiger partial charge >= 0.3 is 0 Å². The Morgan fingerprint density at radius 1 is 0.950 bits per heavy atom. The van der Waals surface area contributed by atoms with Crippen LogP contribution in [0, 0.1) is 6.92 Å². The number of benzene rings is 3. The van der Waals surface area contributed by atoms with Crippen LogP contribution in [0.5, 0.6) is 17.2 Å². The fourth-order valence-electron chi connectivity index (χ4n) is 3.90. The number of Topliss-reactive ketones (excluding diaryl/α,β-unsaturated/α-hetero) is 1. The first-order valence-corrected chi connectivity index (χ1v) is 12.3. The van der Waals surface area contributed by atoms with E-state index in [9.17, 15) is 9.59 Å². The molecular formula is C29H29N5O6. The van der Waals surface area contributed by atoms with Gasteiger partial charge in [0.2, 0.25) is 11.7 Å². The number of hydrogen-bond acceptors (Lipinski definition) is 10. The average Bonchev–Trinajstić information content (AvgIpc) is 2.95. The number of anilines is 2. The van der Waals surface area contributed by atoms with E-state index in [-0.39, 0.29) is 30.6 Å². The minimum absolute atomic E-state index is 0.104. The number of aryl methyl sites for hydroxylation is 1. The molecular weight excluding hydrogens is 514 g/mol. The smallest absolute Gasteiger partial charge is 0.221 e. The summed E-state index contributed by atoms with van der Waals surface area (Å²) in [5, 5.41) is 24.8. The maximum atomic E-state index is 13.0. The lowest BCUT2D eigenvalue weighted by atomic mass is 9.94. The van der Waals surface area contributed by atoms with E-state index in [0.717, 1.165) is 5.56 Å². The molecule has 0 radical (unpaired) electrons. The van der Waals surface area contributed by atoms with Gasteiger partial charge < -0.3 is 24.6 Å². The lowest BCUT2D eigenvalue weighted by molar-refractivity contribution is -0.114. The third-order valence-corrected chi connectivity index (χ3v) is 5.87. The maximum Gasteiger partial charge on any atom is 0.221 e. The van der Waals surface area contributed by atoms with Crippen LogP contribution < -0.4 is 25.0 Å². The molecule has 206 valence electrons. The average molecular weight is 544 g/mol. The number of ketones is 1. The molecule has 40 heavy (non-hydrogen) atoms. The van der Waals surface area contributed by atoms with Gasteiger partial charge in [-0.15, -0.1) is 5.11 Å². The number of nitrogens with zero attached hydrogens (tertiary/aromatic N) is 3. The van der Waals surface area contributed by atoms with Gasteiger partial charge in [-0.3, -0.25) is 15.0 Å². The second kappa shape index (κ2) is 12.7. The molecule has 0 aromatic heterocycles. The molecule has 3 aromatic rings. The summed E-state index contributed by atoms with van der Waals surface area (Å²) in [5.41, 5.74) is 7.27. The van der Waals surface area contributed by atoms with Crippen molar-refractivity contribution in [3.63, 3.8) is 0 Å². The van der Waals surface area contributed by atoms with Crippen LogP contribution in [0.1, 0.15) is 28.4 Å². The van der Waals surface area contributed by atoms with Crippen molar-refractivity contribution in [1.29, 1.82) is 0 Å². The highest BCUT2D eigenvalue weighted by atomic mass is 16.5. The standard InChI is InChI=1S/C29H29N5O6/c1-17-13-26(34-32-24-9-5-19-14-20(30-18(2)36)6-8-22(19)29(24)37)27(39-4)16-25(17)33-31-23-10-7-21(38-3)15-28(23)40-12-11-35/h5-10,13-16,34-35H,11-12H2,1-4H3,(H,30,36)/b32-24-,33-31+. The summed E-state index contributed by atoms with van der Waals surface area (Å²) in [5.74, 6) is 1.02. The van der Waals surface area contributed by atoms with Gasteiger partial charge in [0, 0.05) is 30.3 Å². The molecule has 1 amide bonds. The number of rotatable bonds is 10. The van der Waals surface area contributed by atoms with Crippen LogP contribution >= 0.6 is 0 Å². The topological polar surface area (TPSA) is 143 Å². The number of methoxy groups -OCH3 is 2. The van der Waals surface area contributed by atoms with E-state index in [0.29, 0.717) is 51.1 Å². The minimum Gasteiger partial charge on any atom is -0.497 e. The molecule has 0 heterocycles. The fourth-order valence-corrected chi connectivity index (χ4v) is 3.90. The van der Waals surface area contributed by atoms with Gasteiger partial charge in [-0.25, -0.2) is 0 Å². The number of nitrogens with one attached hydrogen (secondary N) is 2. The molecule has 0 fully saturated rings. The van der Waals surface area contributed by atoms with Crippen molar-refractivity contribution in [3.05, 3.63) is 71.3 Å². The van der Waals surface area contributed by atoms with Gasteiger partial charge in [0.1, 0.15) is 29.5 Å². The van der Waals surface area contributed by atoms with E-state index in [1.165, 1.54) is 14.0 Å². The maximum absolute atomic E-state index is 13.0. The number of hydrogen-bond donors (Lipinski definition) is 3. The number of carbonyl (C=O) groups is 2. The highest BCUT2D eigenvalue weighted by molar-refractivity contribution is 6.52. The zero-order valence-corrected chi connectivity index (χ0v) is 22.5. The molecule has 11 heteroatoms. The van der Waals surface area contributed by atoms with Gasteiger partial charge in [-0.2, -0.15) is 10.2 Å². The molecule has 0 unspecified atom stereocenters. The van der Waals surface area contributed by atoms with Gasteiger partial charge in [0.25, 0.3) is 0 Å². The van der Waals surface area contributed by atoms with Crippen molar-refractivity contribution >= 4 is 46.2 Å². The highest BCUT2D eigenvalue weighted by Crippen LogP contribution is 2.36. The van der Waals surface area contributed by atoms with Crippen LogP contribution in [0.3, 0.4) is 0 Å². The van der Waals surface area contributed by atoms with Crippen LogP contribution in [-0.4, -0.2) is 49.9 Å². The van der Waals surface area contributed by atoms with Crippen molar-refractivity contribution in [2.24, 2.45) is 15.3 Å². The number of aliphatic hydroxyl groups excluding tert-OH is 1. The fraction of sp³-hybridized carbons (Fsp3) is 0.207. The van der Waals surface area contributed by atoms with Crippen molar-refractivity contribution in [1.82, 2.24) is 0 Å². The van der Waals surface area contributed by atoms with Gasteiger partial charge in [-0.1, -0.05) is 6.08 Å². The van der Waals surface area contributed by atoms with E-state index >= 15 is 0 Å². The van der Waals surface area contributed by atoms with E-state index < -0.39 is 0 Å². The lowest BCUT2D eigenvalue weighted by Crippen LogP contribution is -2.18. The van der Waals surface area contributed by atoms with E-state index in [2.05, 4.69) is 26.1 Å². The number of azo groups is 1.